The standard InChI is InChI=1S/C18H18N4OS/c23-17(21-12-15-5-9-20-10-6-15)11-16-13-24-18(22-16)2-1-14-3-7-19-8-4-14/h3-10,13H,1-2,11-12H2,(H,21,23). The quantitative estimate of drug-likeness (QED) is 0.719. The molecule has 0 bridgehead atoms. The largest absolute Gasteiger partial charge is 0.352 e. The first-order valence-corrected chi connectivity index (χ1v) is 8.65. The Morgan fingerprint density at radius 1 is 0.958 bits per heavy atom. The molecule has 0 fully saturated rings. The minimum absolute atomic E-state index is 0.0159. The SMILES string of the molecule is O=C(Cc1csc(CCc2ccncc2)n1)NCc1ccncc1. The van der Waals surface area contributed by atoms with Crippen molar-refractivity contribution in [2.45, 2.75) is 25.8 Å². The monoisotopic (exact) mass is 338 g/mol. The molecule has 0 unspecified atom stereocenters. The highest BCUT2D eigenvalue weighted by Gasteiger charge is 2.08. The number of amides is 1. The van der Waals surface area contributed by atoms with Crippen LogP contribution in [-0.2, 0) is 30.6 Å². The maximum Gasteiger partial charge on any atom is 0.226 e. The minimum atomic E-state index is -0.0159. The summed E-state index contributed by atoms with van der Waals surface area (Å²) in [6.45, 7) is 0.514. The molecule has 24 heavy (non-hydrogen) atoms. The van der Waals surface area contributed by atoms with E-state index in [-0.39, 0.29) is 5.91 Å². The van der Waals surface area contributed by atoms with Crippen LogP contribution in [0.4, 0.5) is 0 Å². The summed E-state index contributed by atoms with van der Waals surface area (Å²) < 4.78 is 0. The number of nitrogens with one attached hydrogen (secondary N) is 1. The fourth-order valence-corrected chi connectivity index (χ4v) is 3.07. The summed E-state index contributed by atoms with van der Waals surface area (Å²) in [5.41, 5.74) is 3.11. The number of carbonyl (C=O) groups excluding carboxylic acids is 1. The summed E-state index contributed by atoms with van der Waals surface area (Å²) in [6.07, 6.45) is 9.17. The van der Waals surface area contributed by atoms with E-state index in [2.05, 4.69) is 20.3 Å². The second kappa shape index (κ2) is 8.31. The number of rotatable bonds is 7. The zero-order valence-corrected chi connectivity index (χ0v) is 14.0. The van der Waals surface area contributed by atoms with E-state index in [0.29, 0.717) is 13.0 Å². The maximum atomic E-state index is 12.0. The molecule has 122 valence electrons. The van der Waals surface area contributed by atoms with E-state index in [0.717, 1.165) is 29.1 Å². The Morgan fingerprint density at radius 2 is 1.62 bits per heavy atom. The fraction of sp³-hybridized carbons (Fsp3) is 0.222. The van der Waals surface area contributed by atoms with Crippen molar-refractivity contribution in [2.24, 2.45) is 0 Å². The molecular formula is C18H18N4OS. The molecule has 1 amide bonds. The van der Waals surface area contributed by atoms with Crippen molar-refractivity contribution in [1.29, 1.82) is 0 Å². The van der Waals surface area contributed by atoms with E-state index in [1.165, 1.54) is 5.56 Å². The molecule has 0 aliphatic rings. The molecule has 0 saturated heterocycles. The Labute approximate surface area is 144 Å². The molecule has 0 aliphatic carbocycles. The van der Waals surface area contributed by atoms with Gasteiger partial charge in [0, 0.05) is 43.1 Å². The van der Waals surface area contributed by atoms with Crippen molar-refractivity contribution in [3.63, 3.8) is 0 Å². The summed E-state index contributed by atoms with van der Waals surface area (Å²) >= 11 is 1.61. The molecule has 3 rings (SSSR count). The predicted molar refractivity (Wildman–Crippen MR) is 93.5 cm³/mol. The van der Waals surface area contributed by atoms with Gasteiger partial charge in [-0.05, 0) is 41.8 Å². The van der Waals surface area contributed by atoms with Gasteiger partial charge in [0.1, 0.15) is 0 Å². The summed E-state index contributed by atoms with van der Waals surface area (Å²) in [5.74, 6) is -0.0159. The summed E-state index contributed by atoms with van der Waals surface area (Å²) in [7, 11) is 0. The molecule has 6 heteroatoms. The fourth-order valence-electron chi connectivity index (χ4n) is 2.27. The molecule has 1 N–H and O–H groups in total. The van der Waals surface area contributed by atoms with E-state index in [4.69, 9.17) is 0 Å². The topological polar surface area (TPSA) is 67.8 Å². The molecule has 0 atom stereocenters. The Hall–Kier alpha value is -2.60. The molecule has 3 aromatic rings. The van der Waals surface area contributed by atoms with Crippen molar-refractivity contribution in [3.05, 3.63) is 76.3 Å². The number of thiazole rings is 1. The van der Waals surface area contributed by atoms with Crippen molar-refractivity contribution in [3.8, 4) is 0 Å². The zero-order chi connectivity index (χ0) is 16.6. The first-order valence-electron chi connectivity index (χ1n) is 7.77. The summed E-state index contributed by atoms with van der Waals surface area (Å²) in [6, 6.07) is 7.81. The molecule has 0 spiro atoms. The van der Waals surface area contributed by atoms with Gasteiger partial charge in [0.25, 0.3) is 0 Å². The predicted octanol–water partition coefficient (Wildman–Crippen LogP) is 2.58. The number of carbonyl (C=O) groups is 1. The minimum Gasteiger partial charge on any atom is -0.352 e. The van der Waals surface area contributed by atoms with Crippen LogP contribution in [0.1, 0.15) is 21.8 Å². The van der Waals surface area contributed by atoms with Gasteiger partial charge < -0.3 is 5.32 Å². The van der Waals surface area contributed by atoms with Crippen LogP contribution in [0.25, 0.3) is 0 Å². The van der Waals surface area contributed by atoms with Gasteiger partial charge in [0.2, 0.25) is 5.91 Å². The van der Waals surface area contributed by atoms with Gasteiger partial charge in [0.05, 0.1) is 17.1 Å². The lowest BCUT2D eigenvalue weighted by molar-refractivity contribution is -0.120. The van der Waals surface area contributed by atoms with Gasteiger partial charge in [-0.15, -0.1) is 11.3 Å². The van der Waals surface area contributed by atoms with Crippen molar-refractivity contribution >= 4 is 17.2 Å². The Kier molecular flexibility index (Phi) is 5.63. The molecule has 5 nitrogen and oxygen atoms in total. The first kappa shape index (κ1) is 16.3. The third-order valence-corrected chi connectivity index (χ3v) is 4.51. The highest BCUT2D eigenvalue weighted by Crippen LogP contribution is 2.13. The lowest BCUT2D eigenvalue weighted by Crippen LogP contribution is -2.24. The summed E-state index contributed by atoms with van der Waals surface area (Å²) in [4.78, 5) is 24.5. The first-order chi connectivity index (χ1) is 11.8. The number of pyridine rings is 2. The number of nitrogens with zero attached hydrogens (tertiary/aromatic N) is 3. The Balaban J connectivity index is 1.46. The Bertz CT molecular complexity index is 774. The molecule has 0 radical (unpaired) electrons. The van der Waals surface area contributed by atoms with Gasteiger partial charge in [-0.2, -0.15) is 0 Å². The highest BCUT2D eigenvalue weighted by atomic mass is 32.1. The van der Waals surface area contributed by atoms with Gasteiger partial charge in [-0.1, -0.05) is 0 Å². The second-order valence-electron chi connectivity index (χ2n) is 5.40. The van der Waals surface area contributed by atoms with Crippen LogP contribution in [0, 0.1) is 0 Å². The van der Waals surface area contributed by atoms with Gasteiger partial charge >= 0.3 is 0 Å². The third kappa shape index (κ3) is 4.96. The molecule has 0 aromatic carbocycles. The number of aryl methyl sites for hydroxylation is 2. The average Bonchev–Trinajstić information content (AvgIpc) is 3.07. The van der Waals surface area contributed by atoms with Crippen LogP contribution in [0.2, 0.25) is 0 Å². The van der Waals surface area contributed by atoms with Gasteiger partial charge in [-0.3, -0.25) is 14.8 Å². The van der Waals surface area contributed by atoms with Crippen molar-refractivity contribution in [1.82, 2.24) is 20.3 Å². The third-order valence-electron chi connectivity index (χ3n) is 3.56. The van der Waals surface area contributed by atoms with Crippen LogP contribution in [0.15, 0.2) is 54.4 Å². The van der Waals surface area contributed by atoms with Crippen LogP contribution in [-0.4, -0.2) is 20.9 Å². The number of aromatic nitrogens is 3. The van der Waals surface area contributed by atoms with E-state index in [1.54, 1.807) is 36.1 Å². The van der Waals surface area contributed by atoms with Crippen LogP contribution < -0.4 is 5.32 Å². The second-order valence-corrected chi connectivity index (χ2v) is 6.34. The average molecular weight is 338 g/mol. The van der Waals surface area contributed by atoms with E-state index >= 15 is 0 Å². The molecular weight excluding hydrogens is 320 g/mol. The lowest BCUT2D eigenvalue weighted by atomic mass is 10.1. The van der Waals surface area contributed by atoms with E-state index < -0.39 is 0 Å². The maximum absolute atomic E-state index is 12.0. The Morgan fingerprint density at radius 3 is 2.33 bits per heavy atom. The molecule has 0 saturated carbocycles. The van der Waals surface area contributed by atoms with E-state index in [1.807, 2.05) is 29.6 Å². The summed E-state index contributed by atoms with van der Waals surface area (Å²) in [5, 5.41) is 5.93. The zero-order valence-electron chi connectivity index (χ0n) is 13.2. The van der Waals surface area contributed by atoms with Gasteiger partial charge in [0.15, 0.2) is 0 Å². The normalized spacial score (nSPS) is 10.5. The van der Waals surface area contributed by atoms with Crippen LogP contribution in [0.3, 0.4) is 0 Å². The highest BCUT2D eigenvalue weighted by molar-refractivity contribution is 7.09. The van der Waals surface area contributed by atoms with Crippen LogP contribution in [0.5, 0.6) is 0 Å². The lowest BCUT2D eigenvalue weighted by Gasteiger charge is -2.03. The van der Waals surface area contributed by atoms with Crippen LogP contribution >= 0.6 is 11.3 Å². The molecule has 3 heterocycles. The van der Waals surface area contributed by atoms with Gasteiger partial charge in [-0.25, -0.2) is 4.98 Å². The molecule has 3 aromatic heterocycles. The van der Waals surface area contributed by atoms with Crippen molar-refractivity contribution < 1.29 is 4.79 Å². The number of hydrogen-bond acceptors (Lipinski definition) is 5. The smallest absolute Gasteiger partial charge is 0.226 e. The number of hydrogen-bond donors (Lipinski definition) is 1. The van der Waals surface area contributed by atoms with E-state index in [9.17, 15) is 4.79 Å². The molecule has 0 aliphatic heterocycles. The van der Waals surface area contributed by atoms with Crippen molar-refractivity contribution in [2.75, 3.05) is 0 Å².